The van der Waals surface area contributed by atoms with Gasteiger partial charge in [0.2, 0.25) is 11.8 Å². The minimum Gasteiger partial charge on any atom is -0.353 e. The Kier molecular flexibility index (Phi) is 3.99. The SMILES string of the molecule is CCC1C(=O)NCCN1C(=O)[C@H]1CCCNC1. The third-order valence-corrected chi connectivity index (χ3v) is 3.65. The van der Waals surface area contributed by atoms with Gasteiger partial charge in [0, 0.05) is 19.6 Å². The zero-order chi connectivity index (χ0) is 12.3. The van der Waals surface area contributed by atoms with Crippen LogP contribution in [-0.2, 0) is 9.59 Å². The van der Waals surface area contributed by atoms with Crippen molar-refractivity contribution in [2.75, 3.05) is 26.2 Å². The molecule has 2 atom stereocenters. The van der Waals surface area contributed by atoms with Crippen LogP contribution < -0.4 is 10.6 Å². The van der Waals surface area contributed by atoms with E-state index in [-0.39, 0.29) is 23.8 Å². The lowest BCUT2D eigenvalue weighted by atomic mass is 9.96. The second-order valence-corrected chi connectivity index (χ2v) is 4.79. The van der Waals surface area contributed by atoms with E-state index in [4.69, 9.17) is 0 Å². The van der Waals surface area contributed by atoms with Gasteiger partial charge in [-0.2, -0.15) is 0 Å². The van der Waals surface area contributed by atoms with E-state index in [1.807, 2.05) is 6.92 Å². The molecule has 0 aliphatic carbocycles. The predicted octanol–water partition coefficient (Wildman–Crippen LogP) is -0.277. The van der Waals surface area contributed by atoms with Crippen LogP contribution in [0.2, 0.25) is 0 Å². The maximum absolute atomic E-state index is 12.4. The lowest BCUT2D eigenvalue weighted by molar-refractivity contribution is -0.146. The lowest BCUT2D eigenvalue weighted by Crippen LogP contribution is -2.59. The Morgan fingerprint density at radius 1 is 1.47 bits per heavy atom. The molecule has 2 saturated heterocycles. The van der Waals surface area contributed by atoms with E-state index < -0.39 is 0 Å². The van der Waals surface area contributed by atoms with Gasteiger partial charge in [0.25, 0.3) is 0 Å². The molecule has 0 radical (unpaired) electrons. The summed E-state index contributed by atoms with van der Waals surface area (Å²) in [5.74, 6) is 0.207. The van der Waals surface area contributed by atoms with Gasteiger partial charge in [0.1, 0.15) is 6.04 Å². The number of piperidine rings is 1. The van der Waals surface area contributed by atoms with E-state index in [0.29, 0.717) is 19.5 Å². The average Bonchev–Trinajstić information content (AvgIpc) is 2.38. The molecule has 2 N–H and O–H groups in total. The molecular weight excluding hydrogens is 218 g/mol. The summed E-state index contributed by atoms with van der Waals surface area (Å²) in [6.07, 6.45) is 2.69. The highest BCUT2D eigenvalue weighted by Gasteiger charge is 2.35. The molecule has 0 aromatic heterocycles. The highest BCUT2D eigenvalue weighted by atomic mass is 16.2. The summed E-state index contributed by atoms with van der Waals surface area (Å²) in [6, 6.07) is -0.266. The molecule has 17 heavy (non-hydrogen) atoms. The number of rotatable bonds is 2. The van der Waals surface area contributed by atoms with Gasteiger partial charge in [0.05, 0.1) is 5.92 Å². The number of piperazine rings is 1. The molecule has 2 rings (SSSR count). The minimum atomic E-state index is -0.266. The molecule has 2 heterocycles. The molecule has 96 valence electrons. The molecule has 0 aromatic carbocycles. The van der Waals surface area contributed by atoms with Gasteiger partial charge in [-0.15, -0.1) is 0 Å². The largest absolute Gasteiger partial charge is 0.353 e. The molecule has 2 amide bonds. The van der Waals surface area contributed by atoms with E-state index in [9.17, 15) is 9.59 Å². The average molecular weight is 239 g/mol. The predicted molar refractivity (Wildman–Crippen MR) is 64.4 cm³/mol. The Balaban J connectivity index is 2.03. The van der Waals surface area contributed by atoms with Crippen LogP contribution in [0.25, 0.3) is 0 Å². The first-order chi connectivity index (χ1) is 8.24. The minimum absolute atomic E-state index is 0.00383. The van der Waals surface area contributed by atoms with Crippen molar-refractivity contribution in [3.8, 4) is 0 Å². The van der Waals surface area contributed by atoms with Crippen LogP contribution in [-0.4, -0.2) is 48.9 Å². The molecule has 2 fully saturated rings. The van der Waals surface area contributed by atoms with Gasteiger partial charge in [-0.05, 0) is 25.8 Å². The number of nitrogens with one attached hydrogen (secondary N) is 2. The Morgan fingerprint density at radius 2 is 2.29 bits per heavy atom. The van der Waals surface area contributed by atoms with Crippen molar-refractivity contribution >= 4 is 11.8 Å². The summed E-state index contributed by atoms with van der Waals surface area (Å²) in [6.45, 7) is 4.95. The van der Waals surface area contributed by atoms with Crippen LogP contribution in [0.15, 0.2) is 0 Å². The van der Waals surface area contributed by atoms with E-state index in [1.165, 1.54) is 0 Å². The highest BCUT2D eigenvalue weighted by molar-refractivity contribution is 5.89. The van der Waals surface area contributed by atoms with Crippen LogP contribution in [0, 0.1) is 5.92 Å². The van der Waals surface area contributed by atoms with E-state index in [1.54, 1.807) is 4.90 Å². The third kappa shape index (κ3) is 2.60. The summed E-state index contributed by atoms with van der Waals surface area (Å²) in [5.41, 5.74) is 0. The molecule has 2 aliphatic rings. The van der Waals surface area contributed by atoms with Crippen LogP contribution in [0.1, 0.15) is 26.2 Å². The summed E-state index contributed by atoms with van der Waals surface area (Å²) in [4.78, 5) is 25.9. The Morgan fingerprint density at radius 3 is 2.94 bits per heavy atom. The first-order valence-corrected chi connectivity index (χ1v) is 6.53. The monoisotopic (exact) mass is 239 g/mol. The van der Waals surface area contributed by atoms with E-state index >= 15 is 0 Å². The van der Waals surface area contributed by atoms with Crippen molar-refractivity contribution in [2.45, 2.75) is 32.2 Å². The number of carbonyl (C=O) groups excluding carboxylic acids is 2. The molecule has 0 aromatic rings. The lowest BCUT2D eigenvalue weighted by Gasteiger charge is -2.37. The summed E-state index contributed by atoms with van der Waals surface area (Å²) >= 11 is 0. The van der Waals surface area contributed by atoms with Crippen molar-refractivity contribution in [1.29, 1.82) is 0 Å². The van der Waals surface area contributed by atoms with Crippen molar-refractivity contribution in [2.24, 2.45) is 5.92 Å². The number of amides is 2. The number of hydrogen-bond donors (Lipinski definition) is 2. The Labute approximate surface area is 102 Å². The second kappa shape index (κ2) is 5.49. The van der Waals surface area contributed by atoms with Crippen molar-refractivity contribution in [1.82, 2.24) is 15.5 Å². The number of nitrogens with zero attached hydrogens (tertiary/aromatic N) is 1. The van der Waals surface area contributed by atoms with Gasteiger partial charge in [-0.3, -0.25) is 9.59 Å². The van der Waals surface area contributed by atoms with Gasteiger partial charge in [0.15, 0.2) is 0 Å². The normalized spacial score (nSPS) is 29.9. The zero-order valence-corrected chi connectivity index (χ0v) is 10.4. The number of hydrogen-bond acceptors (Lipinski definition) is 3. The molecule has 0 bridgehead atoms. The van der Waals surface area contributed by atoms with Gasteiger partial charge >= 0.3 is 0 Å². The molecule has 2 aliphatic heterocycles. The van der Waals surface area contributed by atoms with Crippen LogP contribution in [0.5, 0.6) is 0 Å². The number of carbonyl (C=O) groups is 2. The molecule has 1 unspecified atom stereocenters. The molecular formula is C12H21N3O2. The van der Waals surface area contributed by atoms with E-state index in [2.05, 4.69) is 10.6 Å². The van der Waals surface area contributed by atoms with Crippen LogP contribution in [0.3, 0.4) is 0 Å². The smallest absolute Gasteiger partial charge is 0.242 e. The fraction of sp³-hybridized carbons (Fsp3) is 0.833. The highest BCUT2D eigenvalue weighted by Crippen LogP contribution is 2.17. The summed E-state index contributed by atoms with van der Waals surface area (Å²) in [7, 11) is 0. The molecule has 5 nitrogen and oxygen atoms in total. The van der Waals surface area contributed by atoms with Crippen molar-refractivity contribution < 1.29 is 9.59 Å². The third-order valence-electron chi connectivity index (χ3n) is 3.65. The standard InChI is InChI=1S/C12H21N3O2/c1-2-10-11(16)14-6-7-15(10)12(17)9-4-3-5-13-8-9/h9-10,13H,2-8H2,1H3,(H,14,16)/t9-,10?/m0/s1. The first-order valence-electron chi connectivity index (χ1n) is 6.53. The fourth-order valence-electron chi connectivity index (χ4n) is 2.68. The zero-order valence-electron chi connectivity index (χ0n) is 10.4. The van der Waals surface area contributed by atoms with Gasteiger partial charge in [-0.25, -0.2) is 0 Å². The maximum Gasteiger partial charge on any atom is 0.242 e. The topological polar surface area (TPSA) is 61.4 Å². The summed E-state index contributed by atoms with van der Waals surface area (Å²) < 4.78 is 0. The quantitative estimate of drug-likeness (QED) is 0.697. The Bertz CT molecular complexity index is 300. The molecule has 0 saturated carbocycles. The molecule has 0 spiro atoms. The van der Waals surface area contributed by atoms with Gasteiger partial charge in [-0.1, -0.05) is 6.92 Å². The Hall–Kier alpha value is -1.10. The first kappa shape index (κ1) is 12.4. The molecule has 5 heteroatoms. The van der Waals surface area contributed by atoms with Crippen LogP contribution >= 0.6 is 0 Å². The maximum atomic E-state index is 12.4. The van der Waals surface area contributed by atoms with Gasteiger partial charge < -0.3 is 15.5 Å². The van der Waals surface area contributed by atoms with Crippen molar-refractivity contribution in [3.63, 3.8) is 0 Å². The fourth-order valence-corrected chi connectivity index (χ4v) is 2.68. The summed E-state index contributed by atoms with van der Waals surface area (Å²) in [5, 5.41) is 6.07. The van der Waals surface area contributed by atoms with Crippen molar-refractivity contribution in [3.05, 3.63) is 0 Å². The van der Waals surface area contributed by atoms with Crippen LogP contribution in [0.4, 0.5) is 0 Å². The van der Waals surface area contributed by atoms with E-state index in [0.717, 1.165) is 25.9 Å². The second-order valence-electron chi connectivity index (χ2n) is 4.79.